The lowest BCUT2D eigenvalue weighted by Gasteiger charge is -2.55. The fraction of sp³-hybridized carbons (Fsp3) is 0.769. The van der Waals surface area contributed by atoms with Crippen molar-refractivity contribution in [2.24, 2.45) is 23.7 Å². The molecule has 0 aromatic rings. The fourth-order valence-corrected chi connectivity index (χ4v) is 6.77. The van der Waals surface area contributed by atoms with E-state index in [2.05, 4.69) is 0 Å². The van der Waals surface area contributed by atoms with Gasteiger partial charge in [0.2, 0.25) is 0 Å². The minimum atomic E-state index is -2.39. The molecule has 8 heteroatoms. The van der Waals surface area contributed by atoms with Crippen LogP contribution in [0.4, 0.5) is 8.78 Å². The van der Waals surface area contributed by atoms with Crippen molar-refractivity contribution in [1.82, 2.24) is 0 Å². The third-order valence-electron chi connectivity index (χ3n) is 9.29. The predicted octanol–water partition coefficient (Wildman–Crippen LogP) is 6.20. The van der Waals surface area contributed by atoms with Crippen LogP contribution < -0.4 is 0 Å². The molecule has 0 aromatic heterocycles. The summed E-state index contributed by atoms with van der Waals surface area (Å²) < 4.78 is 45.7. The first kappa shape index (κ1) is 27.6. The van der Waals surface area contributed by atoms with Crippen molar-refractivity contribution in [2.45, 2.75) is 89.1 Å². The Kier molecular flexibility index (Phi) is 6.73. The van der Waals surface area contributed by atoms with Gasteiger partial charge in [-0.3, -0.25) is 9.59 Å². The number of alkyl halides is 2. The number of rotatable bonds is 6. The Morgan fingerprint density at radius 2 is 1.29 bits per heavy atom. The maximum Gasteiger partial charge on any atom is 0.198 e. The van der Waals surface area contributed by atoms with E-state index < -0.39 is 76.4 Å². The van der Waals surface area contributed by atoms with Crippen molar-refractivity contribution < 1.29 is 27.2 Å². The predicted molar refractivity (Wildman–Crippen MR) is 136 cm³/mol. The minimum Gasteiger partial charge on any atom is -0.413 e. The molecule has 4 aliphatic carbocycles. The van der Waals surface area contributed by atoms with E-state index in [1.807, 2.05) is 67.7 Å². The van der Waals surface area contributed by atoms with Gasteiger partial charge in [-0.15, -0.1) is 0 Å². The molecule has 4 nitrogen and oxygen atoms in total. The van der Waals surface area contributed by atoms with Crippen molar-refractivity contribution in [3.05, 3.63) is 24.3 Å². The molecule has 0 amide bonds. The van der Waals surface area contributed by atoms with Gasteiger partial charge in [-0.05, 0) is 48.3 Å². The second-order valence-corrected chi connectivity index (χ2v) is 23.1. The van der Waals surface area contributed by atoms with Gasteiger partial charge < -0.3 is 8.85 Å². The van der Waals surface area contributed by atoms with E-state index in [1.165, 1.54) is 6.08 Å². The highest BCUT2D eigenvalue weighted by atomic mass is 28.4. The Morgan fingerprint density at radius 1 is 0.824 bits per heavy atom. The van der Waals surface area contributed by atoms with Gasteiger partial charge in [0.1, 0.15) is 0 Å². The van der Waals surface area contributed by atoms with Crippen molar-refractivity contribution in [2.75, 3.05) is 13.2 Å². The Labute approximate surface area is 205 Å². The SMILES string of the molecule is CC(C)(C)[Si](C)(C)OC[C@]1(F)C(=O)C=C[C@@H]2[C@H]1[C@@H]1C=C[C@H]2C(=O)[C@@]1(F)CO[Si](C)(C)C(C)(C)C. The molecule has 2 bridgehead atoms. The lowest BCUT2D eigenvalue weighted by Crippen LogP contribution is -2.68. The summed E-state index contributed by atoms with van der Waals surface area (Å²) in [6.07, 6.45) is 6.12. The van der Waals surface area contributed by atoms with Gasteiger partial charge in [0.05, 0.1) is 13.2 Å². The van der Waals surface area contributed by atoms with E-state index in [4.69, 9.17) is 8.85 Å². The van der Waals surface area contributed by atoms with Gasteiger partial charge in [-0.25, -0.2) is 8.78 Å². The van der Waals surface area contributed by atoms with Gasteiger partial charge in [0.25, 0.3) is 0 Å². The molecular weight excluding hydrogens is 470 g/mol. The van der Waals surface area contributed by atoms with Crippen LogP contribution in [0.5, 0.6) is 0 Å². The molecule has 0 radical (unpaired) electrons. The first-order valence-corrected chi connectivity index (χ1v) is 18.1. The van der Waals surface area contributed by atoms with Crippen LogP contribution in [0.2, 0.25) is 36.3 Å². The van der Waals surface area contributed by atoms with Crippen LogP contribution in [-0.2, 0) is 18.4 Å². The Morgan fingerprint density at radius 3 is 1.76 bits per heavy atom. The molecule has 192 valence electrons. The molecule has 4 aliphatic rings. The standard InChI is InChI=1S/C26H42F2O4Si2/c1-23(2,3)33(7,8)31-15-25(27)19-13-11-18(22(25)30)17-12-14-20(29)26(28,21(17)19)16-32-34(9,10)24(4,5)6/h11-14,17-19,21H,15-16H2,1-10H3/t17-,18+,19-,21-,25+,26-/m0/s1. The molecule has 0 spiro atoms. The normalized spacial score (nSPS) is 36.2. The molecule has 0 heterocycles. The second kappa shape index (κ2) is 8.28. The Balaban J connectivity index is 1.96. The largest absolute Gasteiger partial charge is 0.413 e. The van der Waals surface area contributed by atoms with Gasteiger partial charge in [0, 0.05) is 17.8 Å². The summed E-state index contributed by atoms with van der Waals surface area (Å²) in [7, 11) is -4.72. The molecule has 4 rings (SSSR count). The Bertz CT molecular complexity index is 915. The molecule has 0 aromatic carbocycles. The maximum absolute atomic E-state index is 16.8. The van der Waals surface area contributed by atoms with Crippen LogP contribution in [0, 0.1) is 23.7 Å². The first-order chi connectivity index (χ1) is 15.2. The third-order valence-corrected chi connectivity index (χ3v) is 18.2. The summed E-state index contributed by atoms with van der Waals surface area (Å²) in [6.45, 7) is 19.4. The van der Waals surface area contributed by atoms with Crippen LogP contribution in [0.3, 0.4) is 0 Å². The molecular formula is C26H42F2O4Si2. The van der Waals surface area contributed by atoms with Gasteiger partial charge in [-0.1, -0.05) is 59.8 Å². The molecule has 0 aliphatic heterocycles. The monoisotopic (exact) mass is 512 g/mol. The molecule has 0 saturated heterocycles. The number of ketones is 2. The van der Waals surface area contributed by atoms with E-state index in [1.54, 1.807) is 18.2 Å². The highest BCUT2D eigenvalue weighted by Crippen LogP contribution is 2.57. The van der Waals surface area contributed by atoms with Crippen LogP contribution in [-0.4, -0.2) is 52.8 Å². The van der Waals surface area contributed by atoms with Gasteiger partial charge in [-0.2, -0.15) is 0 Å². The van der Waals surface area contributed by atoms with E-state index in [0.29, 0.717) is 0 Å². The summed E-state index contributed by atoms with van der Waals surface area (Å²) in [4.78, 5) is 26.3. The average molecular weight is 513 g/mol. The number of carbonyl (C=O) groups is 2. The smallest absolute Gasteiger partial charge is 0.198 e. The molecule has 0 unspecified atom stereocenters. The van der Waals surface area contributed by atoms with Crippen molar-refractivity contribution in [3.8, 4) is 0 Å². The van der Waals surface area contributed by atoms with E-state index in [-0.39, 0.29) is 10.1 Å². The van der Waals surface area contributed by atoms with Gasteiger partial charge >= 0.3 is 0 Å². The quantitative estimate of drug-likeness (QED) is 0.314. The highest BCUT2D eigenvalue weighted by molar-refractivity contribution is 6.74. The van der Waals surface area contributed by atoms with Crippen LogP contribution in [0.25, 0.3) is 0 Å². The zero-order valence-corrected chi connectivity index (χ0v) is 24.4. The van der Waals surface area contributed by atoms with Crippen LogP contribution >= 0.6 is 0 Å². The minimum absolute atomic E-state index is 0.164. The number of Topliss-reactive ketones (excluding diaryl/α,β-unsaturated/α-hetero) is 1. The maximum atomic E-state index is 16.8. The summed E-state index contributed by atoms with van der Waals surface area (Å²) >= 11 is 0. The third kappa shape index (κ3) is 4.26. The zero-order valence-electron chi connectivity index (χ0n) is 22.4. The number of fused-ring (bicyclic) bond motifs is 1. The number of halogens is 2. The van der Waals surface area contributed by atoms with Crippen molar-refractivity contribution in [1.29, 1.82) is 0 Å². The van der Waals surface area contributed by atoms with Crippen molar-refractivity contribution in [3.63, 3.8) is 0 Å². The molecule has 1 fully saturated rings. The highest BCUT2D eigenvalue weighted by Gasteiger charge is 2.68. The Hall–Kier alpha value is -0.966. The van der Waals surface area contributed by atoms with E-state index in [9.17, 15) is 9.59 Å². The molecule has 34 heavy (non-hydrogen) atoms. The van der Waals surface area contributed by atoms with E-state index >= 15 is 8.78 Å². The topological polar surface area (TPSA) is 52.6 Å². The fourth-order valence-electron chi connectivity index (χ4n) is 4.76. The van der Waals surface area contributed by atoms with Crippen LogP contribution in [0.15, 0.2) is 24.3 Å². The average Bonchev–Trinajstić information content (AvgIpc) is 2.70. The molecule has 0 N–H and O–H groups in total. The number of carbonyl (C=O) groups excluding carboxylic acids is 2. The molecule has 6 atom stereocenters. The summed E-state index contributed by atoms with van der Waals surface area (Å²) in [5.41, 5.74) is -4.76. The summed E-state index contributed by atoms with van der Waals surface area (Å²) in [6, 6.07) is 0. The zero-order chi connectivity index (χ0) is 26.1. The van der Waals surface area contributed by atoms with Gasteiger partial charge in [0.15, 0.2) is 39.5 Å². The summed E-state index contributed by atoms with van der Waals surface area (Å²) in [5.74, 6) is -4.72. The molecule has 1 saturated carbocycles. The van der Waals surface area contributed by atoms with Crippen molar-refractivity contribution >= 4 is 28.2 Å². The first-order valence-electron chi connectivity index (χ1n) is 12.3. The number of hydrogen-bond donors (Lipinski definition) is 0. The number of hydrogen-bond acceptors (Lipinski definition) is 4. The summed E-state index contributed by atoms with van der Waals surface area (Å²) in [5, 5.41) is -0.332. The lowest BCUT2D eigenvalue weighted by atomic mass is 9.50. The number of allylic oxidation sites excluding steroid dienone is 4. The van der Waals surface area contributed by atoms with Crippen LogP contribution in [0.1, 0.15) is 41.5 Å². The lowest BCUT2D eigenvalue weighted by molar-refractivity contribution is -0.167. The van der Waals surface area contributed by atoms with E-state index in [0.717, 1.165) is 0 Å². The second-order valence-electron chi connectivity index (χ2n) is 13.5.